The summed E-state index contributed by atoms with van der Waals surface area (Å²) in [5.41, 5.74) is 9.06. The summed E-state index contributed by atoms with van der Waals surface area (Å²) in [4.78, 5) is 11.9. The highest BCUT2D eigenvalue weighted by Gasteiger charge is 2.39. The van der Waals surface area contributed by atoms with E-state index >= 15 is 0 Å². The van der Waals surface area contributed by atoms with Crippen molar-refractivity contribution in [1.82, 2.24) is 0 Å². The Labute approximate surface area is 108 Å². The Morgan fingerprint density at radius 1 is 1.39 bits per heavy atom. The molecule has 96 valence electrons. The molecule has 1 aliphatic heterocycles. The fraction of sp³-hybridized carbons (Fsp3) is 0.533. The summed E-state index contributed by atoms with van der Waals surface area (Å²) in [6, 6.07) is 6.30. The molecule has 1 amide bonds. The van der Waals surface area contributed by atoms with Crippen LogP contribution in [0.25, 0.3) is 0 Å². The molecule has 1 atom stereocenters. The van der Waals surface area contributed by atoms with Crippen LogP contribution in [-0.2, 0) is 10.2 Å². The molecule has 0 bridgehead atoms. The third-order valence-corrected chi connectivity index (χ3v) is 4.58. The van der Waals surface area contributed by atoms with Crippen molar-refractivity contribution in [2.24, 2.45) is 11.7 Å². The van der Waals surface area contributed by atoms with Crippen molar-refractivity contribution in [3.05, 3.63) is 29.3 Å². The monoisotopic (exact) mass is 244 g/mol. The minimum Gasteiger partial charge on any atom is -0.325 e. The Balaban J connectivity index is 1.96. The Kier molecular flexibility index (Phi) is 2.49. The molecule has 0 saturated heterocycles. The highest BCUT2D eigenvalue weighted by Crippen LogP contribution is 2.41. The molecule has 3 N–H and O–H groups in total. The van der Waals surface area contributed by atoms with Crippen LogP contribution in [0.1, 0.15) is 50.3 Å². The first-order chi connectivity index (χ1) is 8.50. The van der Waals surface area contributed by atoms with Crippen LogP contribution in [0.3, 0.4) is 0 Å². The molecule has 1 unspecified atom stereocenters. The van der Waals surface area contributed by atoms with Gasteiger partial charge in [0.2, 0.25) is 5.91 Å². The molecule has 1 fully saturated rings. The second-order valence-corrected chi connectivity index (χ2v) is 6.10. The van der Waals surface area contributed by atoms with Gasteiger partial charge in [-0.3, -0.25) is 4.79 Å². The van der Waals surface area contributed by atoms with Crippen LogP contribution in [0.2, 0.25) is 0 Å². The molecule has 0 spiro atoms. The molecular formula is C15H20N2O. The highest BCUT2D eigenvalue weighted by molar-refractivity contribution is 6.05. The van der Waals surface area contributed by atoms with Gasteiger partial charge in [0.15, 0.2) is 0 Å². The normalized spacial score (nSPS) is 23.2. The van der Waals surface area contributed by atoms with E-state index in [4.69, 9.17) is 5.73 Å². The lowest BCUT2D eigenvalue weighted by atomic mass is 9.76. The summed E-state index contributed by atoms with van der Waals surface area (Å²) >= 11 is 0. The molecule has 1 saturated carbocycles. The predicted molar refractivity (Wildman–Crippen MR) is 72.4 cm³/mol. The molecule has 3 nitrogen and oxygen atoms in total. The van der Waals surface area contributed by atoms with E-state index in [1.165, 1.54) is 24.8 Å². The van der Waals surface area contributed by atoms with Gasteiger partial charge in [-0.2, -0.15) is 0 Å². The van der Waals surface area contributed by atoms with Gasteiger partial charge < -0.3 is 11.1 Å². The van der Waals surface area contributed by atoms with Crippen LogP contribution in [0.5, 0.6) is 0 Å². The zero-order chi connectivity index (χ0) is 12.9. The topological polar surface area (TPSA) is 55.1 Å². The first-order valence-corrected chi connectivity index (χ1v) is 6.71. The van der Waals surface area contributed by atoms with Crippen molar-refractivity contribution in [2.45, 2.75) is 44.6 Å². The first-order valence-electron chi connectivity index (χ1n) is 6.71. The third kappa shape index (κ3) is 1.57. The lowest BCUT2D eigenvalue weighted by Gasteiger charge is -2.32. The predicted octanol–water partition coefficient (Wildman–Crippen LogP) is 2.72. The smallest absolute Gasteiger partial charge is 0.234 e. The maximum Gasteiger partial charge on any atom is 0.234 e. The number of amides is 1. The maximum atomic E-state index is 11.9. The van der Waals surface area contributed by atoms with Crippen molar-refractivity contribution in [3.8, 4) is 0 Å². The number of hydrogen-bond acceptors (Lipinski definition) is 2. The van der Waals surface area contributed by atoms with Gasteiger partial charge in [0.25, 0.3) is 0 Å². The fourth-order valence-electron chi connectivity index (χ4n) is 2.87. The van der Waals surface area contributed by atoms with Gasteiger partial charge >= 0.3 is 0 Å². The summed E-state index contributed by atoms with van der Waals surface area (Å²) in [6.07, 6.45) is 3.77. The number of carbonyl (C=O) groups excluding carboxylic acids is 1. The van der Waals surface area contributed by atoms with Gasteiger partial charge in [-0.1, -0.05) is 18.6 Å². The average molecular weight is 244 g/mol. The van der Waals surface area contributed by atoms with E-state index in [9.17, 15) is 4.79 Å². The van der Waals surface area contributed by atoms with Crippen molar-refractivity contribution >= 4 is 11.6 Å². The number of nitrogens with one attached hydrogen (secondary N) is 1. The van der Waals surface area contributed by atoms with Crippen LogP contribution >= 0.6 is 0 Å². The minimum absolute atomic E-state index is 0.0758. The van der Waals surface area contributed by atoms with Crippen molar-refractivity contribution in [3.63, 3.8) is 0 Å². The van der Waals surface area contributed by atoms with Gasteiger partial charge in [-0.25, -0.2) is 0 Å². The Hall–Kier alpha value is -1.35. The Morgan fingerprint density at radius 3 is 2.72 bits per heavy atom. The number of fused-ring (bicyclic) bond motifs is 1. The SMILES string of the molecule is CC1(C)C(=O)Nc2ccc(C(N)C3CCC3)cc21. The molecule has 1 heterocycles. The second kappa shape index (κ2) is 3.82. The van der Waals surface area contributed by atoms with Crippen molar-refractivity contribution in [2.75, 3.05) is 5.32 Å². The van der Waals surface area contributed by atoms with Gasteiger partial charge in [-0.05, 0) is 49.8 Å². The van der Waals surface area contributed by atoms with E-state index in [1.54, 1.807) is 0 Å². The van der Waals surface area contributed by atoms with Gasteiger partial charge in [0.1, 0.15) is 0 Å². The molecule has 0 aromatic heterocycles. The number of benzene rings is 1. The average Bonchev–Trinajstić information content (AvgIpc) is 2.47. The third-order valence-electron chi connectivity index (χ3n) is 4.58. The van der Waals surface area contributed by atoms with E-state index in [1.807, 2.05) is 19.9 Å². The van der Waals surface area contributed by atoms with E-state index in [0.717, 1.165) is 11.3 Å². The zero-order valence-electron chi connectivity index (χ0n) is 11.0. The summed E-state index contributed by atoms with van der Waals surface area (Å²) in [6.45, 7) is 3.93. The van der Waals surface area contributed by atoms with Crippen LogP contribution in [0, 0.1) is 5.92 Å². The van der Waals surface area contributed by atoms with Crippen LogP contribution < -0.4 is 11.1 Å². The molecule has 1 aromatic carbocycles. The van der Waals surface area contributed by atoms with Crippen LogP contribution in [-0.4, -0.2) is 5.91 Å². The summed E-state index contributed by atoms with van der Waals surface area (Å²) in [5.74, 6) is 0.697. The molecule has 18 heavy (non-hydrogen) atoms. The van der Waals surface area contributed by atoms with Gasteiger partial charge in [0, 0.05) is 11.7 Å². The molecule has 0 radical (unpaired) electrons. The minimum atomic E-state index is -0.440. The lowest BCUT2D eigenvalue weighted by molar-refractivity contribution is -0.119. The molecule has 3 rings (SSSR count). The quantitative estimate of drug-likeness (QED) is 0.840. The number of hydrogen-bond donors (Lipinski definition) is 2. The number of carbonyl (C=O) groups is 1. The number of rotatable bonds is 2. The standard InChI is InChI=1S/C15H20N2O/c1-15(2)11-8-10(13(16)9-4-3-5-9)6-7-12(11)17-14(15)18/h6-9,13H,3-5,16H2,1-2H3,(H,17,18). The van der Waals surface area contributed by atoms with Gasteiger partial charge in [0.05, 0.1) is 5.41 Å². The Bertz CT molecular complexity index is 503. The Morgan fingerprint density at radius 2 is 2.11 bits per heavy atom. The molecule has 1 aromatic rings. The van der Waals surface area contributed by atoms with Crippen LogP contribution in [0.15, 0.2) is 18.2 Å². The fourth-order valence-corrected chi connectivity index (χ4v) is 2.87. The van der Waals surface area contributed by atoms with E-state index in [0.29, 0.717) is 5.92 Å². The lowest BCUT2D eigenvalue weighted by Crippen LogP contribution is -2.28. The summed E-state index contributed by atoms with van der Waals surface area (Å²) in [5, 5.41) is 2.93. The summed E-state index contributed by atoms with van der Waals surface area (Å²) < 4.78 is 0. The van der Waals surface area contributed by atoms with Crippen molar-refractivity contribution < 1.29 is 4.79 Å². The first kappa shape index (κ1) is 11.7. The zero-order valence-corrected chi connectivity index (χ0v) is 11.0. The van der Waals surface area contributed by atoms with Crippen LogP contribution in [0.4, 0.5) is 5.69 Å². The van der Waals surface area contributed by atoms with E-state index in [-0.39, 0.29) is 11.9 Å². The number of nitrogens with two attached hydrogens (primary N) is 1. The van der Waals surface area contributed by atoms with E-state index in [2.05, 4.69) is 17.4 Å². The van der Waals surface area contributed by atoms with E-state index < -0.39 is 5.41 Å². The molecule has 1 aliphatic carbocycles. The molecule has 3 heteroatoms. The molecule has 2 aliphatic rings. The summed E-state index contributed by atoms with van der Waals surface area (Å²) in [7, 11) is 0. The largest absolute Gasteiger partial charge is 0.325 e. The number of anilines is 1. The highest BCUT2D eigenvalue weighted by atomic mass is 16.2. The van der Waals surface area contributed by atoms with Crippen molar-refractivity contribution in [1.29, 1.82) is 0 Å². The molecular weight excluding hydrogens is 224 g/mol. The maximum absolute atomic E-state index is 11.9. The second-order valence-electron chi connectivity index (χ2n) is 6.10. The van der Waals surface area contributed by atoms with Gasteiger partial charge in [-0.15, -0.1) is 0 Å².